The second-order valence-corrected chi connectivity index (χ2v) is 7.38. The number of piperazine rings is 1. The predicted molar refractivity (Wildman–Crippen MR) is 103 cm³/mol. The van der Waals surface area contributed by atoms with Gasteiger partial charge < -0.3 is 19.9 Å². The summed E-state index contributed by atoms with van der Waals surface area (Å²) in [4.78, 5) is 28.3. The van der Waals surface area contributed by atoms with Gasteiger partial charge in [-0.3, -0.25) is 4.79 Å². The molecule has 1 aromatic rings. The molecule has 1 heterocycles. The van der Waals surface area contributed by atoms with E-state index in [1.54, 1.807) is 12.0 Å². The molecule has 1 fully saturated rings. The molecule has 1 aliphatic heterocycles. The minimum Gasteiger partial charge on any atom is -0.496 e. The Bertz CT molecular complexity index is 635. The molecule has 0 aliphatic carbocycles. The largest absolute Gasteiger partial charge is 0.496 e. The highest BCUT2D eigenvalue weighted by Gasteiger charge is 2.24. The molecule has 0 saturated carbocycles. The summed E-state index contributed by atoms with van der Waals surface area (Å²) in [6.45, 7) is 10.4. The predicted octanol–water partition coefficient (Wildman–Crippen LogP) is 2.62. The zero-order chi connectivity index (χ0) is 19.3. The third-order valence-corrected chi connectivity index (χ3v) is 4.60. The Kier molecular flexibility index (Phi) is 6.89. The Morgan fingerprint density at radius 1 is 1.08 bits per heavy atom. The molecule has 3 amide bonds. The first-order valence-corrected chi connectivity index (χ1v) is 9.31. The minimum atomic E-state index is -0.0520. The van der Waals surface area contributed by atoms with E-state index in [1.165, 1.54) is 0 Å². The normalized spacial score (nSPS) is 14.7. The van der Waals surface area contributed by atoms with Gasteiger partial charge in [0.15, 0.2) is 0 Å². The van der Waals surface area contributed by atoms with Crippen molar-refractivity contribution in [3.05, 3.63) is 29.3 Å². The van der Waals surface area contributed by atoms with Gasteiger partial charge in [-0.05, 0) is 37.0 Å². The molecule has 0 atom stereocenters. The summed E-state index contributed by atoms with van der Waals surface area (Å²) in [5.41, 5.74) is 2.12. The van der Waals surface area contributed by atoms with Crippen LogP contribution in [0.2, 0.25) is 0 Å². The molecule has 0 aromatic heterocycles. The molecule has 1 aliphatic rings. The molecule has 1 aromatic carbocycles. The maximum absolute atomic E-state index is 12.6. The highest BCUT2D eigenvalue weighted by Crippen LogP contribution is 2.27. The zero-order valence-corrected chi connectivity index (χ0v) is 16.5. The highest BCUT2D eigenvalue weighted by molar-refractivity contribution is 5.80. The number of benzene rings is 1. The maximum Gasteiger partial charge on any atom is 0.317 e. The van der Waals surface area contributed by atoms with Crippen LogP contribution < -0.4 is 10.1 Å². The van der Waals surface area contributed by atoms with Crippen LogP contribution in [0.25, 0.3) is 0 Å². The number of carbonyl (C=O) groups is 2. The SMILES string of the molecule is COc1ccc(CC(=O)N2CCN(C(=O)NC(C)C)CC2)cc1C(C)C. The number of nitrogens with one attached hydrogen (secondary N) is 1. The van der Waals surface area contributed by atoms with Gasteiger partial charge >= 0.3 is 6.03 Å². The summed E-state index contributed by atoms with van der Waals surface area (Å²) in [5, 5.41) is 2.90. The van der Waals surface area contributed by atoms with Crippen molar-refractivity contribution in [2.24, 2.45) is 0 Å². The van der Waals surface area contributed by atoms with Crippen LogP contribution in [0.15, 0.2) is 18.2 Å². The lowest BCUT2D eigenvalue weighted by molar-refractivity contribution is -0.131. The third kappa shape index (κ3) is 5.13. The molecule has 0 bridgehead atoms. The van der Waals surface area contributed by atoms with Gasteiger partial charge in [-0.25, -0.2) is 4.79 Å². The summed E-state index contributed by atoms with van der Waals surface area (Å²) in [7, 11) is 1.67. The Balaban J connectivity index is 1.93. The Labute approximate surface area is 156 Å². The molecule has 1 saturated heterocycles. The van der Waals surface area contributed by atoms with E-state index in [2.05, 4.69) is 25.2 Å². The number of carbonyl (C=O) groups excluding carboxylic acids is 2. The fraction of sp³-hybridized carbons (Fsp3) is 0.600. The molecule has 6 nitrogen and oxygen atoms in total. The van der Waals surface area contributed by atoms with Crippen LogP contribution in [0.1, 0.15) is 44.7 Å². The fourth-order valence-electron chi connectivity index (χ4n) is 3.13. The Hall–Kier alpha value is -2.24. The van der Waals surface area contributed by atoms with Crippen molar-refractivity contribution in [1.29, 1.82) is 0 Å². The van der Waals surface area contributed by atoms with Gasteiger partial charge in [-0.15, -0.1) is 0 Å². The fourth-order valence-corrected chi connectivity index (χ4v) is 3.13. The van der Waals surface area contributed by atoms with E-state index in [-0.39, 0.29) is 18.0 Å². The van der Waals surface area contributed by atoms with Crippen LogP contribution in [0.3, 0.4) is 0 Å². The number of rotatable bonds is 5. The first-order valence-electron chi connectivity index (χ1n) is 9.31. The molecule has 0 spiro atoms. The number of urea groups is 1. The average Bonchev–Trinajstić information content (AvgIpc) is 2.61. The lowest BCUT2D eigenvalue weighted by Gasteiger charge is -2.35. The van der Waals surface area contributed by atoms with Crippen molar-refractivity contribution < 1.29 is 14.3 Å². The lowest BCUT2D eigenvalue weighted by Crippen LogP contribution is -2.54. The third-order valence-electron chi connectivity index (χ3n) is 4.60. The van der Waals surface area contributed by atoms with E-state index in [9.17, 15) is 9.59 Å². The van der Waals surface area contributed by atoms with Crippen LogP contribution in [0.4, 0.5) is 4.79 Å². The first kappa shape index (κ1) is 20.1. The van der Waals surface area contributed by atoms with E-state index in [1.807, 2.05) is 30.9 Å². The maximum atomic E-state index is 12.6. The van der Waals surface area contributed by atoms with E-state index >= 15 is 0 Å². The van der Waals surface area contributed by atoms with Gasteiger partial charge in [0.1, 0.15) is 5.75 Å². The number of ether oxygens (including phenoxy) is 1. The van der Waals surface area contributed by atoms with Crippen molar-refractivity contribution in [2.45, 2.75) is 46.1 Å². The van der Waals surface area contributed by atoms with Crippen molar-refractivity contribution in [1.82, 2.24) is 15.1 Å². The summed E-state index contributed by atoms with van der Waals surface area (Å²) in [6.07, 6.45) is 0.377. The van der Waals surface area contributed by atoms with Crippen LogP contribution in [-0.4, -0.2) is 61.1 Å². The molecule has 144 valence electrons. The standard InChI is InChI=1S/C20H31N3O3/c1-14(2)17-12-16(6-7-18(17)26-5)13-19(24)22-8-10-23(11-9-22)20(25)21-15(3)4/h6-7,12,14-15H,8-11,13H2,1-5H3,(H,21,25). The zero-order valence-electron chi connectivity index (χ0n) is 16.5. The summed E-state index contributed by atoms with van der Waals surface area (Å²) >= 11 is 0. The summed E-state index contributed by atoms with van der Waals surface area (Å²) in [6, 6.07) is 6.02. The first-order chi connectivity index (χ1) is 12.3. The van der Waals surface area contributed by atoms with E-state index in [4.69, 9.17) is 4.74 Å². The van der Waals surface area contributed by atoms with Crippen molar-refractivity contribution in [3.8, 4) is 5.75 Å². The Morgan fingerprint density at radius 3 is 2.23 bits per heavy atom. The summed E-state index contributed by atoms with van der Waals surface area (Å²) in [5.74, 6) is 1.30. The molecule has 1 N–H and O–H groups in total. The number of amides is 3. The topological polar surface area (TPSA) is 61.9 Å². The molecule has 6 heteroatoms. The lowest BCUT2D eigenvalue weighted by atomic mass is 9.98. The number of methoxy groups -OCH3 is 1. The minimum absolute atomic E-state index is 0.0520. The Morgan fingerprint density at radius 2 is 1.69 bits per heavy atom. The number of nitrogens with zero attached hydrogens (tertiary/aromatic N) is 2. The van der Waals surface area contributed by atoms with Crippen LogP contribution in [0.5, 0.6) is 5.75 Å². The quantitative estimate of drug-likeness (QED) is 0.877. The molecule has 0 radical (unpaired) electrons. The monoisotopic (exact) mass is 361 g/mol. The van der Waals surface area contributed by atoms with E-state index < -0.39 is 0 Å². The van der Waals surface area contributed by atoms with Gasteiger partial charge in [0.25, 0.3) is 0 Å². The summed E-state index contributed by atoms with van der Waals surface area (Å²) < 4.78 is 5.41. The van der Waals surface area contributed by atoms with Crippen molar-refractivity contribution >= 4 is 11.9 Å². The molecular formula is C20H31N3O3. The molecular weight excluding hydrogens is 330 g/mol. The number of hydrogen-bond donors (Lipinski definition) is 1. The van der Waals surface area contributed by atoms with Crippen LogP contribution >= 0.6 is 0 Å². The van der Waals surface area contributed by atoms with E-state index in [0.717, 1.165) is 16.9 Å². The smallest absolute Gasteiger partial charge is 0.317 e. The van der Waals surface area contributed by atoms with Gasteiger partial charge in [-0.2, -0.15) is 0 Å². The van der Waals surface area contributed by atoms with Crippen LogP contribution in [0, 0.1) is 0 Å². The highest BCUT2D eigenvalue weighted by atomic mass is 16.5. The van der Waals surface area contributed by atoms with Crippen molar-refractivity contribution in [3.63, 3.8) is 0 Å². The second-order valence-electron chi connectivity index (χ2n) is 7.38. The van der Waals surface area contributed by atoms with Gasteiger partial charge in [0.05, 0.1) is 13.5 Å². The van der Waals surface area contributed by atoms with E-state index in [0.29, 0.717) is 38.5 Å². The number of hydrogen-bond acceptors (Lipinski definition) is 3. The van der Waals surface area contributed by atoms with Crippen molar-refractivity contribution in [2.75, 3.05) is 33.3 Å². The average molecular weight is 361 g/mol. The second kappa shape index (κ2) is 8.92. The van der Waals surface area contributed by atoms with Gasteiger partial charge in [0.2, 0.25) is 5.91 Å². The molecule has 2 rings (SSSR count). The van der Waals surface area contributed by atoms with Gasteiger partial charge in [-0.1, -0.05) is 26.0 Å². The molecule has 0 unspecified atom stereocenters. The van der Waals surface area contributed by atoms with Gasteiger partial charge in [0, 0.05) is 32.2 Å². The molecule has 26 heavy (non-hydrogen) atoms. The van der Waals surface area contributed by atoms with Crippen LogP contribution in [-0.2, 0) is 11.2 Å².